The highest BCUT2D eigenvalue weighted by atomic mass is 19.1. The number of nitrogens with one attached hydrogen (secondary N) is 2. The Balaban J connectivity index is 1.19. The largest absolute Gasteiger partial charge is 0.493 e. The lowest BCUT2D eigenvalue weighted by Crippen LogP contribution is -2.32. The molecule has 0 fully saturated rings. The number of benzene rings is 4. The normalized spacial score (nSPS) is 12.6. The van der Waals surface area contributed by atoms with Crippen molar-refractivity contribution in [2.75, 3.05) is 37.9 Å². The molecular formula is C33H31FN4O6. The van der Waals surface area contributed by atoms with Gasteiger partial charge >= 0.3 is 0 Å². The number of methoxy groups -OCH3 is 2. The molecule has 0 aliphatic carbocycles. The zero-order chi connectivity index (χ0) is 31.2. The summed E-state index contributed by atoms with van der Waals surface area (Å²) >= 11 is 0. The number of ether oxygens (including phenoxy) is 2. The minimum Gasteiger partial charge on any atom is -0.493 e. The Morgan fingerprint density at radius 3 is 2.27 bits per heavy atom. The number of para-hydroxylation sites is 1. The number of rotatable bonds is 10. The molecule has 0 saturated heterocycles. The Morgan fingerprint density at radius 1 is 0.886 bits per heavy atom. The van der Waals surface area contributed by atoms with Crippen LogP contribution in [-0.2, 0) is 19.4 Å². The van der Waals surface area contributed by atoms with Crippen molar-refractivity contribution in [1.82, 2.24) is 4.90 Å². The van der Waals surface area contributed by atoms with Crippen LogP contribution in [0.3, 0.4) is 0 Å². The summed E-state index contributed by atoms with van der Waals surface area (Å²) in [6.45, 7) is 2.65. The molecule has 44 heavy (non-hydrogen) atoms. The predicted octanol–water partition coefficient (Wildman–Crippen LogP) is 5.86. The van der Waals surface area contributed by atoms with Crippen molar-refractivity contribution in [3.8, 4) is 11.5 Å². The van der Waals surface area contributed by atoms with E-state index in [1.807, 2.05) is 30.3 Å². The van der Waals surface area contributed by atoms with Gasteiger partial charge in [-0.1, -0.05) is 24.3 Å². The molecule has 0 bridgehead atoms. The lowest BCUT2D eigenvalue weighted by Gasteiger charge is -2.29. The number of anilines is 2. The molecule has 11 heteroatoms. The standard InChI is InChI=1S/C33H31FN4O6/c1-43-30-17-22-14-16-37(20-23(22)18-31(30)44-2)15-13-21-7-10-25(11-8-21)35-32(39)26-5-3-4-6-28(26)36-33(40)27-12-9-24(34)19-29(27)38(41)42/h3-12,17-19H,13-16,20H2,1-2H3,(H,35,39)(H,36,40). The fourth-order valence-corrected chi connectivity index (χ4v) is 5.20. The van der Waals surface area contributed by atoms with Crippen LogP contribution in [0, 0.1) is 15.9 Å². The van der Waals surface area contributed by atoms with E-state index in [0.29, 0.717) is 11.8 Å². The molecule has 4 aromatic rings. The second kappa shape index (κ2) is 13.3. The summed E-state index contributed by atoms with van der Waals surface area (Å²) in [5.41, 5.74) is 3.53. The molecule has 0 saturated carbocycles. The van der Waals surface area contributed by atoms with Crippen molar-refractivity contribution in [2.24, 2.45) is 0 Å². The highest BCUT2D eigenvalue weighted by molar-refractivity contribution is 6.13. The molecule has 2 N–H and O–H groups in total. The number of nitrogens with zero attached hydrogens (tertiary/aromatic N) is 2. The van der Waals surface area contributed by atoms with E-state index in [0.717, 1.165) is 61.7 Å². The van der Waals surface area contributed by atoms with Crippen LogP contribution in [0.4, 0.5) is 21.5 Å². The first-order chi connectivity index (χ1) is 21.2. The molecule has 1 aliphatic rings. The first-order valence-corrected chi connectivity index (χ1v) is 14.0. The molecule has 5 rings (SSSR count). The Labute approximate surface area is 253 Å². The third-order valence-corrected chi connectivity index (χ3v) is 7.55. The molecule has 1 aliphatic heterocycles. The minimum absolute atomic E-state index is 0.157. The fourth-order valence-electron chi connectivity index (χ4n) is 5.20. The van der Waals surface area contributed by atoms with E-state index in [1.165, 1.54) is 23.3 Å². The quantitative estimate of drug-likeness (QED) is 0.173. The summed E-state index contributed by atoms with van der Waals surface area (Å²) in [5.74, 6) is -0.665. The molecule has 4 aromatic carbocycles. The second-order valence-corrected chi connectivity index (χ2v) is 10.3. The lowest BCUT2D eigenvalue weighted by atomic mass is 9.98. The van der Waals surface area contributed by atoms with Crippen molar-refractivity contribution in [3.05, 3.63) is 123 Å². The van der Waals surface area contributed by atoms with Gasteiger partial charge in [-0.2, -0.15) is 0 Å². The maximum atomic E-state index is 13.5. The fraction of sp³-hybridized carbons (Fsp3) is 0.212. The molecule has 10 nitrogen and oxygen atoms in total. The maximum absolute atomic E-state index is 13.5. The number of hydrogen-bond donors (Lipinski definition) is 2. The number of hydrogen-bond acceptors (Lipinski definition) is 7. The number of carbonyl (C=O) groups is 2. The molecule has 0 unspecified atom stereocenters. The minimum atomic E-state index is -0.836. The molecule has 2 amide bonds. The Kier molecular flexibility index (Phi) is 9.15. The number of fused-ring (bicyclic) bond motifs is 1. The third kappa shape index (κ3) is 6.84. The maximum Gasteiger partial charge on any atom is 0.285 e. The summed E-state index contributed by atoms with van der Waals surface area (Å²) < 4.78 is 24.4. The van der Waals surface area contributed by atoms with E-state index >= 15 is 0 Å². The van der Waals surface area contributed by atoms with E-state index in [2.05, 4.69) is 21.6 Å². The van der Waals surface area contributed by atoms with Crippen LogP contribution in [-0.4, -0.2) is 48.9 Å². The SMILES string of the molecule is COc1cc2c(cc1OC)CN(CCc1ccc(NC(=O)c3ccccc3NC(=O)c3ccc(F)cc3[N+](=O)[O-])cc1)CC2. The van der Waals surface area contributed by atoms with Crippen LogP contribution in [0.1, 0.15) is 37.4 Å². The monoisotopic (exact) mass is 598 g/mol. The van der Waals surface area contributed by atoms with E-state index in [4.69, 9.17) is 9.47 Å². The van der Waals surface area contributed by atoms with Crippen molar-refractivity contribution in [2.45, 2.75) is 19.4 Å². The number of halogens is 1. The molecule has 226 valence electrons. The first-order valence-electron chi connectivity index (χ1n) is 14.0. The van der Waals surface area contributed by atoms with Crippen LogP contribution in [0.5, 0.6) is 11.5 Å². The van der Waals surface area contributed by atoms with Crippen LogP contribution < -0.4 is 20.1 Å². The topological polar surface area (TPSA) is 123 Å². The second-order valence-electron chi connectivity index (χ2n) is 10.3. The van der Waals surface area contributed by atoms with Crippen LogP contribution in [0.15, 0.2) is 78.9 Å². The van der Waals surface area contributed by atoms with E-state index in [-0.39, 0.29) is 16.8 Å². The average molecular weight is 599 g/mol. The summed E-state index contributed by atoms with van der Waals surface area (Å²) in [7, 11) is 3.28. The summed E-state index contributed by atoms with van der Waals surface area (Å²) in [6, 6.07) is 20.6. The number of nitro benzene ring substituents is 1. The summed E-state index contributed by atoms with van der Waals surface area (Å²) in [5, 5.41) is 16.7. The van der Waals surface area contributed by atoms with Gasteiger partial charge in [-0.25, -0.2) is 4.39 Å². The molecular weight excluding hydrogens is 567 g/mol. The molecule has 0 atom stereocenters. The van der Waals surface area contributed by atoms with Gasteiger partial charge in [0.1, 0.15) is 11.4 Å². The van der Waals surface area contributed by atoms with Crippen LogP contribution >= 0.6 is 0 Å². The molecule has 0 aromatic heterocycles. The van der Waals surface area contributed by atoms with E-state index in [1.54, 1.807) is 26.4 Å². The van der Waals surface area contributed by atoms with Crippen LogP contribution in [0.25, 0.3) is 0 Å². The van der Waals surface area contributed by atoms with Gasteiger partial charge < -0.3 is 20.1 Å². The average Bonchev–Trinajstić information content (AvgIpc) is 3.03. The lowest BCUT2D eigenvalue weighted by molar-refractivity contribution is -0.385. The number of nitro groups is 1. The summed E-state index contributed by atoms with van der Waals surface area (Å²) in [4.78, 5) is 38.9. The zero-order valence-electron chi connectivity index (χ0n) is 24.3. The van der Waals surface area contributed by atoms with Gasteiger partial charge in [0.2, 0.25) is 0 Å². The first kappa shape index (κ1) is 30.2. The third-order valence-electron chi connectivity index (χ3n) is 7.55. The molecule has 0 radical (unpaired) electrons. The van der Waals surface area contributed by atoms with Crippen LogP contribution in [0.2, 0.25) is 0 Å². The van der Waals surface area contributed by atoms with E-state index in [9.17, 15) is 24.1 Å². The molecule has 0 spiro atoms. The number of carbonyl (C=O) groups excluding carboxylic acids is 2. The number of amides is 2. The Hall–Kier alpha value is -5.29. The Bertz CT molecular complexity index is 1710. The van der Waals surface area contributed by atoms with Crippen molar-refractivity contribution >= 4 is 28.9 Å². The highest BCUT2D eigenvalue weighted by Gasteiger charge is 2.23. The van der Waals surface area contributed by atoms with E-state index < -0.39 is 28.2 Å². The van der Waals surface area contributed by atoms with Crippen molar-refractivity contribution in [1.29, 1.82) is 0 Å². The van der Waals surface area contributed by atoms with Crippen molar-refractivity contribution < 1.29 is 28.4 Å². The highest BCUT2D eigenvalue weighted by Crippen LogP contribution is 2.33. The Morgan fingerprint density at radius 2 is 1.57 bits per heavy atom. The smallest absolute Gasteiger partial charge is 0.285 e. The van der Waals surface area contributed by atoms with Crippen molar-refractivity contribution in [3.63, 3.8) is 0 Å². The van der Waals surface area contributed by atoms with Gasteiger partial charge in [0.05, 0.1) is 36.5 Å². The molecule has 1 heterocycles. The van der Waals surface area contributed by atoms with Gasteiger partial charge in [-0.15, -0.1) is 0 Å². The summed E-state index contributed by atoms with van der Waals surface area (Å²) in [6.07, 6.45) is 1.77. The van der Waals surface area contributed by atoms with Gasteiger partial charge in [0.15, 0.2) is 11.5 Å². The van der Waals surface area contributed by atoms with Gasteiger partial charge in [-0.05, 0) is 78.1 Å². The van der Waals surface area contributed by atoms with Gasteiger partial charge in [0, 0.05) is 25.3 Å². The van der Waals surface area contributed by atoms with Gasteiger partial charge in [-0.3, -0.25) is 24.6 Å². The zero-order valence-corrected chi connectivity index (χ0v) is 24.3. The van der Waals surface area contributed by atoms with Gasteiger partial charge in [0.25, 0.3) is 17.5 Å². The predicted molar refractivity (Wildman–Crippen MR) is 164 cm³/mol.